The maximum atomic E-state index is 11.2. The van der Waals surface area contributed by atoms with E-state index in [1.165, 1.54) is 18.2 Å². The molecule has 22 heavy (non-hydrogen) atoms. The molecule has 1 heterocycles. The smallest absolute Gasteiger partial charge is 0.270 e. The zero-order chi connectivity index (χ0) is 16.1. The highest BCUT2D eigenvalue weighted by molar-refractivity contribution is 6.01. The number of carbonyl (C=O) groups excluding carboxylic acids is 1. The lowest BCUT2D eigenvalue weighted by molar-refractivity contribution is -0.384. The first-order valence-electron chi connectivity index (χ1n) is 6.98. The molecule has 0 unspecified atom stereocenters. The molecule has 0 aliphatic carbocycles. The molecule has 1 aliphatic heterocycles. The van der Waals surface area contributed by atoms with Crippen molar-refractivity contribution in [1.82, 2.24) is 0 Å². The van der Waals surface area contributed by atoms with Crippen LogP contribution in [0.5, 0.6) is 0 Å². The summed E-state index contributed by atoms with van der Waals surface area (Å²) in [6.45, 7) is 1.69. The molecule has 2 N–H and O–H groups in total. The summed E-state index contributed by atoms with van der Waals surface area (Å²) >= 11 is 0. The van der Waals surface area contributed by atoms with Crippen LogP contribution in [0.2, 0.25) is 0 Å². The highest BCUT2D eigenvalue weighted by Crippen LogP contribution is 2.29. The summed E-state index contributed by atoms with van der Waals surface area (Å²) in [4.78, 5) is 23.8. The number of non-ortho nitro benzene ring substituents is 1. The largest absolute Gasteiger partial charge is 0.371 e. The number of carbonyl (C=O) groups is 1. The minimum Gasteiger partial charge on any atom is -0.371 e. The predicted molar refractivity (Wildman–Crippen MR) is 81.9 cm³/mol. The number of primary amides is 1. The van der Waals surface area contributed by atoms with E-state index in [2.05, 4.69) is 4.90 Å². The first kappa shape index (κ1) is 15.5. The molecule has 1 saturated heterocycles. The van der Waals surface area contributed by atoms with Crippen LogP contribution in [-0.4, -0.2) is 23.9 Å². The van der Waals surface area contributed by atoms with Crippen LogP contribution in [0.25, 0.3) is 6.08 Å². The van der Waals surface area contributed by atoms with E-state index in [0.29, 0.717) is 5.56 Å². The normalized spacial score (nSPS) is 15.2. The summed E-state index contributed by atoms with van der Waals surface area (Å²) in [5.74, 6) is -0.849. The van der Waals surface area contributed by atoms with Crippen molar-refractivity contribution in [2.45, 2.75) is 19.3 Å². The molecule has 2 rings (SSSR count). The van der Waals surface area contributed by atoms with Crippen molar-refractivity contribution < 1.29 is 9.72 Å². The Morgan fingerprint density at radius 2 is 2.05 bits per heavy atom. The number of hydrogen-bond acceptors (Lipinski definition) is 5. The summed E-state index contributed by atoms with van der Waals surface area (Å²) in [6, 6.07) is 6.18. The topological polar surface area (TPSA) is 113 Å². The molecule has 7 nitrogen and oxygen atoms in total. The van der Waals surface area contributed by atoms with Gasteiger partial charge in [0.1, 0.15) is 11.6 Å². The van der Waals surface area contributed by atoms with Crippen molar-refractivity contribution in [2.24, 2.45) is 5.73 Å². The third kappa shape index (κ3) is 3.41. The predicted octanol–water partition coefficient (Wildman–Crippen LogP) is 1.98. The fraction of sp³-hybridized carbons (Fsp3) is 0.333. The van der Waals surface area contributed by atoms with E-state index >= 15 is 0 Å². The lowest BCUT2D eigenvalue weighted by Crippen LogP contribution is -2.30. The maximum absolute atomic E-state index is 11.2. The highest BCUT2D eigenvalue weighted by atomic mass is 16.6. The number of nitriles is 1. The number of nitrogens with zero attached hydrogens (tertiary/aromatic N) is 3. The molecule has 0 atom stereocenters. The average molecular weight is 300 g/mol. The molecule has 0 radical (unpaired) electrons. The third-order valence-electron chi connectivity index (χ3n) is 3.60. The van der Waals surface area contributed by atoms with Crippen LogP contribution in [0.3, 0.4) is 0 Å². The molecule has 0 aromatic heterocycles. The Kier molecular flexibility index (Phi) is 4.73. The first-order valence-corrected chi connectivity index (χ1v) is 6.98. The number of anilines is 1. The van der Waals surface area contributed by atoms with Crippen LogP contribution in [-0.2, 0) is 4.79 Å². The molecule has 0 spiro atoms. The van der Waals surface area contributed by atoms with Gasteiger partial charge in [-0.05, 0) is 31.4 Å². The average Bonchev–Trinajstić information content (AvgIpc) is 2.52. The molecule has 1 amide bonds. The van der Waals surface area contributed by atoms with Gasteiger partial charge in [-0.3, -0.25) is 14.9 Å². The number of nitro benzene ring substituents is 1. The van der Waals surface area contributed by atoms with E-state index in [1.54, 1.807) is 12.1 Å². The zero-order valence-electron chi connectivity index (χ0n) is 12.0. The summed E-state index contributed by atoms with van der Waals surface area (Å²) in [5, 5.41) is 19.9. The van der Waals surface area contributed by atoms with Crippen LogP contribution in [0, 0.1) is 21.4 Å². The zero-order valence-corrected chi connectivity index (χ0v) is 12.0. The minimum absolute atomic E-state index is 0.0891. The SMILES string of the molecule is N#C/C(=C\c1cc([N+](=O)[O-])ccc1N1CCCCC1)C(N)=O. The van der Waals surface area contributed by atoms with Gasteiger partial charge < -0.3 is 10.6 Å². The number of nitro groups is 1. The summed E-state index contributed by atoms with van der Waals surface area (Å²) in [6.07, 6.45) is 4.56. The van der Waals surface area contributed by atoms with Gasteiger partial charge in [-0.15, -0.1) is 0 Å². The number of benzene rings is 1. The van der Waals surface area contributed by atoms with Crippen molar-refractivity contribution in [3.63, 3.8) is 0 Å². The van der Waals surface area contributed by atoms with E-state index in [-0.39, 0.29) is 11.3 Å². The standard InChI is InChI=1S/C15H16N4O3/c16-10-12(15(17)20)8-11-9-13(19(21)22)4-5-14(11)18-6-2-1-3-7-18/h4-5,8-9H,1-3,6-7H2,(H2,17,20)/b12-8+. The van der Waals surface area contributed by atoms with Gasteiger partial charge in [0, 0.05) is 36.5 Å². The Hall–Kier alpha value is -2.88. The van der Waals surface area contributed by atoms with E-state index in [4.69, 9.17) is 11.0 Å². The fourth-order valence-electron chi connectivity index (χ4n) is 2.51. The van der Waals surface area contributed by atoms with Crippen LogP contribution in [0.1, 0.15) is 24.8 Å². The lowest BCUT2D eigenvalue weighted by atomic mass is 10.0. The van der Waals surface area contributed by atoms with Crippen LogP contribution in [0.4, 0.5) is 11.4 Å². The van der Waals surface area contributed by atoms with Gasteiger partial charge in [-0.2, -0.15) is 5.26 Å². The van der Waals surface area contributed by atoms with Gasteiger partial charge in [-0.25, -0.2) is 0 Å². The maximum Gasteiger partial charge on any atom is 0.270 e. The van der Waals surface area contributed by atoms with Crippen molar-refractivity contribution in [3.8, 4) is 6.07 Å². The molecule has 1 aliphatic rings. The molecular formula is C15H16N4O3. The Labute approximate surface area is 127 Å². The molecule has 1 aromatic rings. The van der Waals surface area contributed by atoms with Gasteiger partial charge in [0.05, 0.1) is 4.92 Å². The van der Waals surface area contributed by atoms with Crippen LogP contribution < -0.4 is 10.6 Å². The monoisotopic (exact) mass is 300 g/mol. The number of rotatable bonds is 4. The number of hydrogen-bond donors (Lipinski definition) is 1. The summed E-state index contributed by atoms with van der Waals surface area (Å²) in [5.41, 5.74) is 6.07. The Morgan fingerprint density at radius 3 is 2.59 bits per heavy atom. The van der Waals surface area contributed by atoms with Crippen LogP contribution in [0.15, 0.2) is 23.8 Å². The molecule has 0 bridgehead atoms. The Morgan fingerprint density at radius 1 is 1.36 bits per heavy atom. The second-order valence-electron chi connectivity index (χ2n) is 5.08. The second kappa shape index (κ2) is 6.72. The van der Waals surface area contributed by atoms with E-state index < -0.39 is 10.8 Å². The van der Waals surface area contributed by atoms with Crippen molar-refractivity contribution >= 4 is 23.4 Å². The number of amides is 1. The second-order valence-corrected chi connectivity index (χ2v) is 5.08. The first-order chi connectivity index (χ1) is 10.5. The third-order valence-corrected chi connectivity index (χ3v) is 3.60. The van der Waals surface area contributed by atoms with E-state index in [9.17, 15) is 14.9 Å². The Bertz CT molecular complexity index is 670. The van der Waals surface area contributed by atoms with Gasteiger partial charge in [0.2, 0.25) is 0 Å². The number of nitrogens with two attached hydrogens (primary N) is 1. The van der Waals surface area contributed by atoms with Crippen molar-refractivity contribution in [1.29, 1.82) is 5.26 Å². The molecule has 7 heteroatoms. The van der Waals surface area contributed by atoms with E-state index in [0.717, 1.165) is 38.0 Å². The quantitative estimate of drug-likeness (QED) is 0.395. The molecule has 1 aromatic carbocycles. The molecule has 0 saturated carbocycles. The van der Waals surface area contributed by atoms with Gasteiger partial charge in [-0.1, -0.05) is 0 Å². The van der Waals surface area contributed by atoms with Crippen molar-refractivity contribution in [2.75, 3.05) is 18.0 Å². The van der Waals surface area contributed by atoms with Gasteiger partial charge in [0.25, 0.3) is 11.6 Å². The van der Waals surface area contributed by atoms with Crippen molar-refractivity contribution in [3.05, 3.63) is 39.4 Å². The number of piperidine rings is 1. The minimum atomic E-state index is -0.849. The van der Waals surface area contributed by atoms with E-state index in [1.807, 2.05) is 0 Å². The molecular weight excluding hydrogens is 284 g/mol. The van der Waals surface area contributed by atoms with Crippen LogP contribution >= 0.6 is 0 Å². The highest BCUT2D eigenvalue weighted by Gasteiger charge is 2.18. The van der Waals surface area contributed by atoms with Gasteiger partial charge in [0.15, 0.2) is 0 Å². The molecule has 114 valence electrons. The van der Waals surface area contributed by atoms with Gasteiger partial charge >= 0.3 is 0 Å². The summed E-state index contributed by atoms with van der Waals surface area (Å²) in [7, 11) is 0. The Balaban J connectivity index is 2.51. The lowest BCUT2D eigenvalue weighted by Gasteiger charge is -2.30. The summed E-state index contributed by atoms with van der Waals surface area (Å²) < 4.78 is 0. The fourth-order valence-corrected chi connectivity index (χ4v) is 2.51. The molecule has 1 fully saturated rings.